The molecule has 5 aromatic carbocycles. The van der Waals surface area contributed by atoms with E-state index in [-0.39, 0.29) is 0 Å². The van der Waals surface area contributed by atoms with Gasteiger partial charge in [-0.05, 0) is 95.5 Å². The van der Waals surface area contributed by atoms with Crippen molar-refractivity contribution in [3.63, 3.8) is 0 Å². The quantitative estimate of drug-likeness (QED) is 0.0818. The van der Waals surface area contributed by atoms with Gasteiger partial charge in [-0.1, -0.05) is 119 Å². The van der Waals surface area contributed by atoms with E-state index in [0.29, 0.717) is 0 Å². The zero-order valence-electron chi connectivity index (χ0n) is 31.8. The predicted octanol–water partition coefficient (Wildman–Crippen LogP) is 12.5. The summed E-state index contributed by atoms with van der Waals surface area (Å²) in [5, 5.41) is 8.07. The standard InChI is InChI=1S/C50H53N2O/c1-4-7-33-51-44(42-21-11-17-36-19-13-23-46(51)49(36)42)31-27-38-15-10-16-39(48(38)40-25-29-41(30-26-40)53-35-9-6-3)28-32-45-43-22-12-18-37-20-14-24-47(50(37)43)52(45)34-8-5-2/h11-14,17-32H,4-10,15-16,33-35H2,1-3H3/q+1. The van der Waals surface area contributed by atoms with Gasteiger partial charge in [0.1, 0.15) is 12.3 Å². The molecule has 0 amide bonds. The number of allylic oxidation sites excluding steroid dienone is 6. The van der Waals surface area contributed by atoms with Crippen molar-refractivity contribution in [2.45, 2.75) is 85.1 Å². The molecule has 0 bridgehead atoms. The van der Waals surface area contributed by atoms with Crippen LogP contribution in [-0.2, 0) is 6.54 Å². The number of nitrogens with zero attached hydrogens (tertiary/aromatic N) is 2. The topological polar surface area (TPSA) is 17.2 Å². The fraction of sp³-hybridized carbons (Fsp3) is 0.300. The van der Waals surface area contributed by atoms with E-state index < -0.39 is 0 Å². The van der Waals surface area contributed by atoms with Crippen LogP contribution in [-0.4, -0.2) is 28.0 Å². The van der Waals surface area contributed by atoms with E-state index in [0.717, 1.165) is 70.4 Å². The lowest BCUT2D eigenvalue weighted by Crippen LogP contribution is -2.16. The highest BCUT2D eigenvalue weighted by Crippen LogP contribution is 2.40. The van der Waals surface area contributed by atoms with Crippen molar-refractivity contribution in [1.29, 1.82) is 0 Å². The van der Waals surface area contributed by atoms with E-state index in [1.54, 1.807) is 0 Å². The van der Waals surface area contributed by atoms with Crippen LogP contribution in [0.3, 0.4) is 0 Å². The maximum atomic E-state index is 6.11. The molecule has 0 atom stereocenters. The van der Waals surface area contributed by atoms with Crippen molar-refractivity contribution in [2.75, 3.05) is 13.2 Å². The average Bonchev–Trinajstić information content (AvgIpc) is 3.68. The van der Waals surface area contributed by atoms with Crippen LogP contribution in [0.15, 0.2) is 126 Å². The smallest absolute Gasteiger partial charge is 0.214 e. The van der Waals surface area contributed by atoms with Crippen LogP contribution in [0.4, 0.5) is 5.69 Å². The molecule has 8 rings (SSSR count). The monoisotopic (exact) mass is 697 g/mol. The third-order valence-electron chi connectivity index (χ3n) is 11.3. The van der Waals surface area contributed by atoms with E-state index in [1.165, 1.54) is 89.9 Å². The summed E-state index contributed by atoms with van der Waals surface area (Å²) >= 11 is 0. The van der Waals surface area contributed by atoms with E-state index in [4.69, 9.17) is 4.74 Å². The van der Waals surface area contributed by atoms with Crippen LogP contribution in [0, 0.1) is 0 Å². The Morgan fingerprint density at radius 3 is 2.23 bits per heavy atom. The highest BCUT2D eigenvalue weighted by molar-refractivity contribution is 6.19. The Morgan fingerprint density at radius 1 is 0.698 bits per heavy atom. The molecule has 2 aliphatic rings. The Bertz CT molecular complexity index is 2440. The molecule has 268 valence electrons. The third-order valence-corrected chi connectivity index (χ3v) is 11.3. The van der Waals surface area contributed by atoms with Crippen LogP contribution in [0.5, 0.6) is 5.75 Å². The van der Waals surface area contributed by atoms with Crippen LogP contribution in [0.1, 0.15) is 89.7 Å². The lowest BCUT2D eigenvalue weighted by Gasteiger charge is -2.22. The molecule has 1 aromatic heterocycles. The molecule has 0 radical (unpaired) electrons. The van der Waals surface area contributed by atoms with E-state index in [9.17, 15) is 0 Å². The number of rotatable bonds is 14. The molecule has 53 heavy (non-hydrogen) atoms. The number of hydrogen-bond donors (Lipinski definition) is 0. The van der Waals surface area contributed by atoms with E-state index >= 15 is 0 Å². The van der Waals surface area contributed by atoms with Gasteiger partial charge in [-0.3, -0.25) is 0 Å². The normalized spacial score (nSPS) is 15.8. The van der Waals surface area contributed by atoms with Crippen LogP contribution < -0.4 is 10.1 Å². The average molecular weight is 698 g/mol. The maximum Gasteiger partial charge on any atom is 0.214 e. The summed E-state index contributed by atoms with van der Waals surface area (Å²) in [6.07, 6.45) is 19.9. The van der Waals surface area contributed by atoms with Gasteiger partial charge in [0.2, 0.25) is 11.4 Å². The molecule has 0 unspecified atom stereocenters. The highest BCUT2D eigenvalue weighted by Gasteiger charge is 2.30. The largest absolute Gasteiger partial charge is 0.494 e. The van der Waals surface area contributed by atoms with Gasteiger partial charge in [0.05, 0.1) is 17.6 Å². The number of benzene rings is 5. The Kier molecular flexibility index (Phi) is 10.4. The lowest BCUT2D eigenvalue weighted by atomic mass is 9.82. The molecular weight excluding hydrogens is 645 g/mol. The zero-order valence-corrected chi connectivity index (χ0v) is 31.8. The second kappa shape index (κ2) is 15.8. The SMILES string of the molecule is CCCCOc1ccc(C2=C(/C=C/C3=[N+](CCCC)c4cccc5cccc3c45)CCC/C2=C\C=c2c3cccc4cccc(c43)n2CCCC)cc1. The number of ether oxygens (including phenoxy) is 1. The predicted molar refractivity (Wildman–Crippen MR) is 227 cm³/mol. The molecular formula is C50H53N2O+. The second-order valence-corrected chi connectivity index (χ2v) is 14.8. The first kappa shape index (κ1) is 34.9. The molecule has 0 saturated carbocycles. The highest BCUT2D eigenvalue weighted by atomic mass is 16.5. The molecule has 1 aliphatic carbocycles. The van der Waals surface area contributed by atoms with Crippen molar-refractivity contribution in [2.24, 2.45) is 0 Å². The Labute approximate surface area is 315 Å². The van der Waals surface area contributed by atoms with Gasteiger partial charge in [-0.2, -0.15) is 4.58 Å². The van der Waals surface area contributed by atoms with Crippen molar-refractivity contribution in [3.8, 4) is 5.75 Å². The summed E-state index contributed by atoms with van der Waals surface area (Å²) in [6, 6.07) is 36.0. The number of aromatic nitrogens is 1. The summed E-state index contributed by atoms with van der Waals surface area (Å²) in [4.78, 5) is 0. The van der Waals surface area contributed by atoms with Gasteiger partial charge in [0.25, 0.3) is 0 Å². The minimum atomic E-state index is 0.761. The number of unbranched alkanes of at least 4 members (excludes halogenated alkanes) is 3. The summed E-state index contributed by atoms with van der Waals surface area (Å²) < 4.78 is 11.2. The maximum absolute atomic E-state index is 6.11. The summed E-state index contributed by atoms with van der Waals surface area (Å²) in [5.74, 6) is 0.950. The molecule has 2 heterocycles. The van der Waals surface area contributed by atoms with Crippen LogP contribution in [0.2, 0.25) is 0 Å². The fourth-order valence-electron chi connectivity index (χ4n) is 8.58. The van der Waals surface area contributed by atoms with E-state index in [1.807, 2.05) is 0 Å². The fourth-order valence-corrected chi connectivity index (χ4v) is 8.58. The molecule has 0 saturated heterocycles. The summed E-state index contributed by atoms with van der Waals surface area (Å²) in [7, 11) is 0. The molecule has 0 fully saturated rings. The third kappa shape index (κ3) is 6.79. The van der Waals surface area contributed by atoms with Gasteiger partial charge in [0, 0.05) is 46.7 Å². The Balaban J connectivity index is 1.27. The molecule has 1 aliphatic heterocycles. The van der Waals surface area contributed by atoms with E-state index in [2.05, 4.69) is 151 Å². The molecule has 0 N–H and O–H groups in total. The number of aryl methyl sites for hydroxylation is 1. The first-order valence-corrected chi connectivity index (χ1v) is 20.2. The molecule has 3 heteroatoms. The van der Waals surface area contributed by atoms with Gasteiger partial charge in [-0.25, -0.2) is 0 Å². The Hall–Kier alpha value is -5.15. The molecule has 3 nitrogen and oxygen atoms in total. The second-order valence-electron chi connectivity index (χ2n) is 14.8. The first-order valence-electron chi connectivity index (χ1n) is 20.2. The van der Waals surface area contributed by atoms with Gasteiger partial charge in [0.15, 0.2) is 0 Å². The minimum Gasteiger partial charge on any atom is -0.494 e. The first-order chi connectivity index (χ1) is 26.2. The summed E-state index contributed by atoms with van der Waals surface area (Å²) in [5.41, 5.74) is 10.8. The van der Waals surface area contributed by atoms with Crippen molar-refractivity contribution < 1.29 is 9.31 Å². The van der Waals surface area contributed by atoms with Crippen LogP contribution >= 0.6 is 0 Å². The van der Waals surface area contributed by atoms with Gasteiger partial charge >= 0.3 is 0 Å². The Morgan fingerprint density at radius 2 is 1.43 bits per heavy atom. The van der Waals surface area contributed by atoms with Gasteiger partial charge < -0.3 is 9.30 Å². The number of hydrogen-bond acceptors (Lipinski definition) is 1. The zero-order chi connectivity index (χ0) is 36.1. The molecule has 6 aromatic rings. The summed E-state index contributed by atoms with van der Waals surface area (Å²) in [6.45, 7) is 9.59. The van der Waals surface area contributed by atoms with Crippen LogP contribution in [0.25, 0.3) is 44.1 Å². The van der Waals surface area contributed by atoms with Crippen molar-refractivity contribution in [3.05, 3.63) is 143 Å². The minimum absolute atomic E-state index is 0.761. The van der Waals surface area contributed by atoms with Crippen molar-refractivity contribution >= 4 is 55.5 Å². The molecule has 0 spiro atoms. The van der Waals surface area contributed by atoms with Crippen molar-refractivity contribution in [1.82, 2.24) is 4.57 Å². The lowest BCUT2D eigenvalue weighted by molar-refractivity contribution is -0.436. The van der Waals surface area contributed by atoms with Gasteiger partial charge in [-0.15, -0.1) is 0 Å².